The van der Waals surface area contributed by atoms with Crippen LogP contribution in [-0.4, -0.2) is 42.8 Å². The molecule has 2 saturated carbocycles. The van der Waals surface area contributed by atoms with E-state index in [1.54, 1.807) is 13.2 Å². The van der Waals surface area contributed by atoms with Gasteiger partial charge in [-0.3, -0.25) is 9.78 Å². The standard InChI is InChI=1S/C18H26N2O3S/c1-17(2)14-7-9-18(17,16(21)12-14)13-24(22,23)20(3)11-8-15-6-4-5-10-19-15/h4-6,10,14H,7-9,11-13H2,1-3H3/t14-,18-/m0/s1. The summed E-state index contributed by atoms with van der Waals surface area (Å²) in [6.45, 7) is 4.52. The second-order valence-electron chi connectivity index (χ2n) is 7.82. The molecule has 0 saturated heterocycles. The number of carbonyl (C=O) groups excluding carboxylic acids is 1. The maximum absolute atomic E-state index is 12.9. The number of hydrogen-bond donors (Lipinski definition) is 0. The summed E-state index contributed by atoms with van der Waals surface area (Å²) in [5.74, 6) is 0.422. The van der Waals surface area contributed by atoms with Gasteiger partial charge in [0.25, 0.3) is 0 Å². The fourth-order valence-electron chi connectivity index (χ4n) is 4.49. The van der Waals surface area contributed by atoms with Crippen molar-refractivity contribution in [2.24, 2.45) is 16.7 Å². The minimum absolute atomic E-state index is 0.0545. The first-order valence-electron chi connectivity index (χ1n) is 8.56. The summed E-state index contributed by atoms with van der Waals surface area (Å²) in [4.78, 5) is 16.8. The van der Waals surface area contributed by atoms with E-state index in [0.29, 0.717) is 31.7 Å². The van der Waals surface area contributed by atoms with E-state index in [0.717, 1.165) is 12.1 Å². The molecule has 1 heterocycles. The summed E-state index contributed by atoms with van der Waals surface area (Å²) in [6.07, 6.45) is 4.49. The van der Waals surface area contributed by atoms with Crippen LogP contribution in [0.15, 0.2) is 24.4 Å². The van der Waals surface area contributed by atoms with Crippen molar-refractivity contribution in [2.75, 3.05) is 19.3 Å². The van der Waals surface area contributed by atoms with Gasteiger partial charge in [-0.05, 0) is 36.3 Å². The van der Waals surface area contributed by atoms with Crippen LogP contribution in [0.4, 0.5) is 0 Å². The molecular weight excluding hydrogens is 324 g/mol. The zero-order valence-electron chi connectivity index (χ0n) is 14.7. The molecule has 5 nitrogen and oxygen atoms in total. The monoisotopic (exact) mass is 350 g/mol. The van der Waals surface area contributed by atoms with E-state index >= 15 is 0 Å². The Morgan fingerprint density at radius 1 is 1.33 bits per heavy atom. The van der Waals surface area contributed by atoms with Crippen molar-refractivity contribution < 1.29 is 13.2 Å². The lowest BCUT2D eigenvalue weighted by Crippen LogP contribution is -2.46. The van der Waals surface area contributed by atoms with Crippen LogP contribution in [0.3, 0.4) is 0 Å². The van der Waals surface area contributed by atoms with Crippen LogP contribution < -0.4 is 0 Å². The van der Waals surface area contributed by atoms with E-state index in [1.807, 2.05) is 18.2 Å². The summed E-state index contributed by atoms with van der Waals surface area (Å²) in [5.41, 5.74) is -0.0507. The SMILES string of the molecule is CN(CCc1ccccn1)S(=O)(=O)C[C@@]12CC[C@@H](CC1=O)C2(C)C. The number of Topliss-reactive ketones (excluding diaryl/α,β-unsaturated/α-hetero) is 1. The lowest BCUT2D eigenvalue weighted by molar-refractivity contribution is -0.128. The molecule has 2 bridgehead atoms. The first-order chi connectivity index (χ1) is 11.2. The van der Waals surface area contributed by atoms with Crippen molar-refractivity contribution in [2.45, 2.75) is 39.5 Å². The topological polar surface area (TPSA) is 67.3 Å². The number of pyridine rings is 1. The van der Waals surface area contributed by atoms with Crippen molar-refractivity contribution >= 4 is 15.8 Å². The molecular formula is C18H26N2O3S. The van der Waals surface area contributed by atoms with Crippen LogP contribution in [0.25, 0.3) is 0 Å². The lowest BCUT2D eigenvalue weighted by atomic mass is 9.70. The van der Waals surface area contributed by atoms with Crippen LogP contribution in [0, 0.1) is 16.7 Å². The molecule has 2 aliphatic carbocycles. The molecule has 2 atom stereocenters. The van der Waals surface area contributed by atoms with Crippen molar-refractivity contribution in [1.29, 1.82) is 0 Å². The largest absolute Gasteiger partial charge is 0.299 e. The predicted octanol–water partition coefficient (Wildman–Crippen LogP) is 2.28. The molecule has 0 aliphatic heterocycles. The number of ketones is 1. The van der Waals surface area contributed by atoms with E-state index in [4.69, 9.17) is 0 Å². The van der Waals surface area contributed by atoms with Gasteiger partial charge < -0.3 is 0 Å². The summed E-state index contributed by atoms with van der Waals surface area (Å²) >= 11 is 0. The molecule has 132 valence electrons. The average molecular weight is 350 g/mol. The normalized spacial score (nSPS) is 28.7. The number of likely N-dealkylation sites (N-methyl/N-ethyl adjacent to an activating group) is 1. The van der Waals surface area contributed by atoms with Gasteiger partial charge in [0.15, 0.2) is 0 Å². The van der Waals surface area contributed by atoms with Crippen molar-refractivity contribution in [3.8, 4) is 0 Å². The van der Waals surface area contributed by atoms with Crippen LogP contribution in [0.1, 0.15) is 38.8 Å². The van der Waals surface area contributed by atoms with Crippen LogP contribution in [0.2, 0.25) is 0 Å². The second-order valence-corrected chi connectivity index (χ2v) is 9.89. The molecule has 0 spiro atoms. The Labute approximate surface area is 144 Å². The summed E-state index contributed by atoms with van der Waals surface area (Å²) < 4.78 is 27.1. The van der Waals surface area contributed by atoms with Crippen LogP contribution >= 0.6 is 0 Å². The van der Waals surface area contributed by atoms with E-state index in [1.165, 1.54) is 4.31 Å². The smallest absolute Gasteiger partial charge is 0.214 e. The van der Waals surface area contributed by atoms with Gasteiger partial charge in [0.1, 0.15) is 5.78 Å². The van der Waals surface area contributed by atoms with E-state index < -0.39 is 15.4 Å². The minimum atomic E-state index is -3.48. The number of aromatic nitrogens is 1. The molecule has 0 unspecified atom stereocenters. The highest BCUT2D eigenvalue weighted by Crippen LogP contribution is 2.64. The average Bonchev–Trinajstić information content (AvgIpc) is 2.87. The molecule has 3 rings (SSSR count). The molecule has 0 radical (unpaired) electrons. The molecule has 1 aromatic heterocycles. The van der Waals surface area contributed by atoms with Gasteiger partial charge >= 0.3 is 0 Å². The number of rotatable bonds is 6. The number of sulfonamides is 1. The Morgan fingerprint density at radius 3 is 2.62 bits per heavy atom. The maximum atomic E-state index is 12.9. The highest BCUT2D eigenvalue weighted by molar-refractivity contribution is 7.89. The zero-order valence-corrected chi connectivity index (χ0v) is 15.5. The third kappa shape index (κ3) is 2.69. The predicted molar refractivity (Wildman–Crippen MR) is 92.9 cm³/mol. The Hall–Kier alpha value is -1.27. The zero-order chi connectivity index (χ0) is 17.6. The van der Waals surface area contributed by atoms with Crippen molar-refractivity contribution in [1.82, 2.24) is 9.29 Å². The number of hydrogen-bond acceptors (Lipinski definition) is 4. The number of nitrogens with zero attached hydrogens (tertiary/aromatic N) is 2. The van der Waals surface area contributed by atoms with Gasteiger partial charge in [0, 0.05) is 43.7 Å². The molecule has 2 aliphatic rings. The van der Waals surface area contributed by atoms with Gasteiger partial charge in [-0.1, -0.05) is 19.9 Å². The van der Waals surface area contributed by atoms with Gasteiger partial charge in [-0.2, -0.15) is 0 Å². The molecule has 0 amide bonds. The minimum Gasteiger partial charge on any atom is -0.299 e. The van der Waals surface area contributed by atoms with Crippen molar-refractivity contribution in [3.63, 3.8) is 0 Å². The molecule has 1 aromatic rings. The lowest BCUT2D eigenvalue weighted by Gasteiger charge is -2.37. The molecule has 0 N–H and O–H groups in total. The van der Waals surface area contributed by atoms with Gasteiger partial charge in [-0.25, -0.2) is 12.7 Å². The highest BCUT2D eigenvalue weighted by Gasteiger charge is 2.65. The molecule has 6 heteroatoms. The van der Waals surface area contributed by atoms with Gasteiger partial charge in [0.05, 0.1) is 5.75 Å². The molecule has 2 fully saturated rings. The van der Waals surface area contributed by atoms with E-state index in [2.05, 4.69) is 18.8 Å². The number of carbonyl (C=O) groups is 1. The highest BCUT2D eigenvalue weighted by atomic mass is 32.2. The van der Waals surface area contributed by atoms with E-state index in [-0.39, 0.29) is 17.0 Å². The fourth-order valence-corrected chi connectivity index (χ4v) is 6.38. The van der Waals surface area contributed by atoms with Crippen LogP contribution in [0.5, 0.6) is 0 Å². The summed E-state index contributed by atoms with van der Waals surface area (Å²) in [5, 5.41) is 0. The van der Waals surface area contributed by atoms with Gasteiger partial charge in [0.2, 0.25) is 10.0 Å². The second kappa shape index (κ2) is 5.92. The first-order valence-corrected chi connectivity index (χ1v) is 10.2. The summed E-state index contributed by atoms with van der Waals surface area (Å²) in [6, 6.07) is 5.63. The van der Waals surface area contributed by atoms with Crippen LogP contribution in [-0.2, 0) is 21.2 Å². The van der Waals surface area contributed by atoms with Gasteiger partial charge in [-0.15, -0.1) is 0 Å². The summed E-state index contributed by atoms with van der Waals surface area (Å²) in [7, 11) is -1.87. The molecule has 24 heavy (non-hydrogen) atoms. The third-order valence-corrected chi connectivity index (χ3v) is 8.44. The maximum Gasteiger partial charge on any atom is 0.214 e. The van der Waals surface area contributed by atoms with E-state index in [9.17, 15) is 13.2 Å². The Morgan fingerprint density at radius 2 is 2.08 bits per heavy atom. The first kappa shape index (κ1) is 17.5. The quantitative estimate of drug-likeness (QED) is 0.789. The Balaban J connectivity index is 1.73. The number of fused-ring (bicyclic) bond motifs is 2. The Bertz CT molecular complexity index is 730. The third-order valence-electron chi connectivity index (χ3n) is 6.45. The van der Waals surface area contributed by atoms with Crippen molar-refractivity contribution in [3.05, 3.63) is 30.1 Å². The molecule has 0 aromatic carbocycles. The fraction of sp³-hybridized carbons (Fsp3) is 0.667. The Kier molecular flexibility index (Phi) is 4.33.